The van der Waals surface area contributed by atoms with Crippen molar-refractivity contribution in [1.82, 2.24) is 4.90 Å². The largest absolute Gasteiger partial charge is 0.478 e. The van der Waals surface area contributed by atoms with E-state index in [2.05, 4.69) is 18.7 Å². The minimum Gasteiger partial charge on any atom is -0.478 e. The van der Waals surface area contributed by atoms with Gasteiger partial charge in [0.25, 0.3) is 0 Å². The van der Waals surface area contributed by atoms with Crippen molar-refractivity contribution in [2.24, 2.45) is 0 Å². The Bertz CT molecular complexity index is 1070. The highest BCUT2D eigenvalue weighted by Gasteiger charge is 2.26. The first-order valence-corrected chi connectivity index (χ1v) is 12.6. The maximum atomic E-state index is 13.3. The lowest BCUT2D eigenvalue weighted by atomic mass is 9.86. The molecular formula is C25H31NO4S. The summed E-state index contributed by atoms with van der Waals surface area (Å²) in [5.74, 6) is -1.36. The third-order valence-corrected chi connectivity index (χ3v) is 7.72. The molecule has 0 amide bonds. The molecule has 2 aromatic rings. The van der Waals surface area contributed by atoms with Crippen molar-refractivity contribution in [1.29, 1.82) is 0 Å². The van der Waals surface area contributed by atoms with Crippen LogP contribution in [0.15, 0.2) is 47.4 Å². The lowest BCUT2D eigenvalue weighted by molar-refractivity contribution is 0.0694. The highest BCUT2D eigenvalue weighted by atomic mass is 32.2. The molecule has 0 radical (unpaired) electrons. The van der Waals surface area contributed by atoms with Crippen LogP contribution in [0.5, 0.6) is 0 Å². The van der Waals surface area contributed by atoms with Gasteiger partial charge in [-0.05, 0) is 67.1 Å². The van der Waals surface area contributed by atoms with Gasteiger partial charge < -0.3 is 10.0 Å². The number of rotatable bonds is 9. The van der Waals surface area contributed by atoms with E-state index in [4.69, 9.17) is 0 Å². The van der Waals surface area contributed by atoms with E-state index in [-0.39, 0.29) is 16.2 Å². The molecule has 166 valence electrons. The van der Waals surface area contributed by atoms with Crippen LogP contribution in [-0.4, -0.2) is 44.0 Å². The van der Waals surface area contributed by atoms with Crippen molar-refractivity contribution in [3.05, 3.63) is 70.3 Å². The topological polar surface area (TPSA) is 74.7 Å². The maximum absolute atomic E-state index is 13.3. The number of nitrogens with zero attached hydrogens (tertiary/aromatic N) is 1. The van der Waals surface area contributed by atoms with E-state index in [0.717, 1.165) is 50.0 Å². The highest BCUT2D eigenvalue weighted by molar-refractivity contribution is 7.90. The molecule has 2 aromatic carbocycles. The molecule has 0 atom stereocenters. The summed E-state index contributed by atoms with van der Waals surface area (Å²) in [6, 6.07) is 10.5. The summed E-state index contributed by atoms with van der Waals surface area (Å²) in [7, 11) is -3.72. The first-order chi connectivity index (χ1) is 14.9. The minimum atomic E-state index is -3.72. The van der Waals surface area contributed by atoms with Crippen LogP contribution in [0.3, 0.4) is 0 Å². The normalized spacial score (nSPS) is 14.2. The Morgan fingerprint density at radius 1 is 1.06 bits per heavy atom. The summed E-state index contributed by atoms with van der Waals surface area (Å²) in [4.78, 5) is 14.5. The molecule has 0 aliphatic heterocycles. The van der Waals surface area contributed by atoms with E-state index in [1.165, 1.54) is 0 Å². The number of aryl methyl sites for hydroxylation is 1. The number of benzene rings is 2. The quantitative estimate of drug-likeness (QED) is 0.616. The minimum absolute atomic E-state index is 0.176. The Morgan fingerprint density at radius 3 is 2.48 bits per heavy atom. The first kappa shape index (κ1) is 23.2. The highest BCUT2D eigenvalue weighted by Crippen LogP contribution is 2.30. The van der Waals surface area contributed by atoms with Gasteiger partial charge in [-0.1, -0.05) is 56.3 Å². The van der Waals surface area contributed by atoms with Gasteiger partial charge in [-0.15, -0.1) is 0 Å². The molecular weight excluding hydrogens is 410 g/mol. The maximum Gasteiger partial charge on any atom is 0.336 e. The van der Waals surface area contributed by atoms with Gasteiger partial charge in [-0.25, -0.2) is 13.2 Å². The van der Waals surface area contributed by atoms with Crippen LogP contribution in [0.25, 0.3) is 6.08 Å². The number of aromatic carboxylic acids is 1. The van der Waals surface area contributed by atoms with Crippen molar-refractivity contribution >= 4 is 21.9 Å². The van der Waals surface area contributed by atoms with E-state index in [9.17, 15) is 18.3 Å². The fraction of sp³-hybridized carbons (Fsp3) is 0.400. The van der Waals surface area contributed by atoms with Crippen molar-refractivity contribution in [3.63, 3.8) is 0 Å². The van der Waals surface area contributed by atoms with Crippen molar-refractivity contribution in [2.45, 2.75) is 50.2 Å². The van der Waals surface area contributed by atoms with Gasteiger partial charge in [0.05, 0.1) is 16.2 Å². The zero-order valence-electron chi connectivity index (χ0n) is 18.3. The number of carboxylic acids is 1. The Labute approximate surface area is 185 Å². The van der Waals surface area contributed by atoms with Gasteiger partial charge in [-0.3, -0.25) is 0 Å². The molecule has 0 saturated carbocycles. The summed E-state index contributed by atoms with van der Waals surface area (Å²) in [5.41, 5.74) is 3.01. The predicted molar refractivity (Wildman–Crippen MR) is 124 cm³/mol. The monoisotopic (exact) mass is 441 g/mol. The fourth-order valence-electron chi connectivity index (χ4n) is 4.26. The van der Waals surface area contributed by atoms with Crippen LogP contribution in [0.1, 0.15) is 59.3 Å². The molecule has 0 spiro atoms. The molecule has 0 saturated heterocycles. The number of hydrogen-bond acceptors (Lipinski definition) is 4. The van der Waals surface area contributed by atoms with E-state index in [1.807, 2.05) is 24.3 Å². The van der Waals surface area contributed by atoms with E-state index < -0.39 is 15.8 Å². The zero-order chi connectivity index (χ0) is 22.4. The van der Waals surface area contributed by atoms with Crippen LogP contribution < -0.4 is 0 Å². The molecule has 31 heavy (non-hydrogen) atoms. The summed E-state index contributed by atoms with van der Waals surface area (Å²) in [6.45, 7) is 6.78. The summed E-state index contributed by atoms with van der Waals surface area (Å²) in [6.07, 6.45) is 7.33. The van der Waals surface area contributed by atoms with Gasteiger partial charge in [0.2, 0.25) is 0 Å². The van der Waals surface area contributed by atoms with Gasteiger partial charge in [0.1, 0.15) is 0 Å². The molecule has 1 aliphatic carbocycles. The van der Waals surface area contributed by atoms with Gasteiger partial charge >= 0.3 is 5.97 Å². The molecule has 3 rings (SSSR count). The van der Waals surface area contributed by atoms with Crippen LogP contribution in [0, 0.1) is 0 Å². The Balaban J connectivity index is 1.94. The van der Waals surface area contributed by atoms with Gasteiger partial charge in [0.15, 0.2) is 9.84 Å². The Kier molecular flexibility index (Phi) is 7.68. The molecule has 0 unspecified atom stereocenters. The van der Waals surface area contributed by atoms with Crippen LogP contribution in [0.2, 0.25) is 0 Å². The van der Waals surface area contributed by atoms with Gasteiger partial charge in [0, 0.05) is 6.54 Å². The summed E-state index contributed by atoms with van der Waals surface area (Å²) >= 11 is 0. The molecule has 0 heterocycles. The second-order valence-corrected chi connectivity index (χ2v) is 9.89. The number of hydrogen-bond donors (Lipinski definition) is 1. The third-order valence-electron chi connectivity index (χ3n) is 5.99. The number of carboxylic acid groups (broad SMARTS) is 1. The average molecular weight is 442 g/mol. The second-order valence-electron chi connectivity index (χ2n) is 7.93. The average Bonchev–Trinajstić information content (AvgIpc) is 2.76. The number of carbonyl (C=O) groups is 1. The number of sulfone groups is 1. The zero-order valence-corrected chi connectivity index (χ0v) is 19.1. The fourth-order valence-corrected chi connectivity index (χ4v) is 5.84. The van der Waals surface area contributed by atoms with Crippen LogP contribution in [-0.2, 0) is 28.4 Å². The lowest BCUT2D eigenvalue weighted by Crippen LogP contribution is -2.22. The molecule has 6 heteroatoms. The SMILES string of the molecule is CCN(CC)C/C=C\c1ccccc1S(=O)(=O)Cc1ccc2c(c1C(=O)O)CCCC2. The predicted octanol–water partition coefficient (Wildman–Crippen LogP) is 4.59. The first-order valence-electron chi connectivity index (χ1n) is 10.9. The Morgan fingerprint density at radius 2 is 1.77 bits per heavy atom. The molecule has 0 bridgehead atoms. The lowest BCUT2D eigenvalue weighted by Gasteiger charge is -2.20. The van der Waals surface area contributed by atoms with Crippen molar-refractivity contribution in [2.75, 3.05) is 19.6 Å². The Hall–Kier alpha value is -2.44. The molecule has 0 aromatic heterocycles. The molecule has 5 nitrogen and oxygen atoms in total. The number of fused-ring (bicyclic) bond motifs is 1. The van der Waals surface area contributed by atoms with E-state index >= 15 is 0 Å². The molecule has 0 fully saturated rings. The second kappa shape index (κ2) is 10.2. The number of likely N-dealkylation sites (N-methyl/N-ethyl adjacent to an activating group) is 1. The van der Waals surface area contributed by atoms with Crippen LogP contribution >= 0.6 is 0 Å². The van der Waals surface area contributed by atoms with E-state index in [1.54, 1.807) is 24.3 Å². The van der Waals surface area contributed by atoms with E-state index in [0.29, 0.717) is 17.5 Å². The summed E-state index contributed by atoms with van der Waals surface area (Å²) < 4.78 is 26.7. The third kappa shape index (κ3) is 5.43. The smallest absolute Gasteiger partial charge is 0.336 e. The van der Waals surface area contributed by atoms with Gasteiger partial charge in [-0.2, -0.15) is 0 Å². The van der Waals surface area contributed by atoms with Crippen LogP contribution in [0.4, 0.5) is 0 Å². The van der Waals surface area contributed by atoms with Crippen molar-refractivity contribution in [3.8, 4) is 0 Å². The summed E-state index contributed by atoms with van der Waals surface area (Å²) in [5, 5.41) is 9.85. The molecule has 1 aliphatic rings. The standard InChI is InChI=1S/C25H31NO4S/c1-3-26(4-2)17-9-12-20-11-6-8-14-23(20)31(29,30)18-21-16-15-19-10-5-7-13-22(19)24(21)25(27)28/h6,8-9,11-12,14-16H,3-5,7,10,13,17-18H2,1-2H3,(H,27,28)/b12-9-. The molecule has 1 N–H and O–H groups in total. The van der Waals surface area contributed by atoms with Crippen molar-refractivity contribution < 1.29 is 18.3 Å².